The molecule has 0 heterocycles. The summed E-state index contributed by atoms with van der Waals surface area (Å²) in [7, 11) is 0. The smallest absolute Gasteiger partial charge is 0.345 e. The van der Waals surface area contributed by atoms with Gasteiger partial charge in [-0.1, -0.05) is 42.5 Å². The van der Waals surface area contributed by atoms with Crippen molar-refractivity contribution in [2.75, 3.05) is 6.54 Å². The lowest BCUT2D eigenvalue weighted by Crippen LogP contribution is -2.20. The standard InChI is InChI=1S/C16H13NO4/c17-10-14(18)21-16(20)13-8-6-12(7-9-13)15(19)11-4-2-1-3-5-11/h1-9H,10,17H2. The zero-order valence-electron chi connectivity index (χ0n) is 11.1. The molecule has 0 amide bonds. The first-order valence-corrected chi connectivity index (χ1v) is 6.26. The third-order valence-electron chi connectivity index (χ3n) is 2.79. The zero-order valence-corrected chi connectivity index (χ0v) is 11.1. The Morgan fingerprint density at radius 2 is 1.33 bits per heavy atom. The molecule has 2 aromatic carbocycles. The molecule has 0 saturated carbocycles. The topological polar surface area (TPSA) is 86.5 Å². The van der Waals surface area contributed by atoms with Gasteiger partial charge in [0.05, 0.1) is 12.1 Å². The molecule has 0 aliphatic heterocycles. The lowest BCUT2D eigenvalue weighted by atomic mass is 10.0. The first kappa shape index (κ1) is 14.6. The largest absolute Gasteiger partial charge is 0.388 e. The van der Waals surface area contributed by atoms with Crippen LogP contribution in [0.2, 0.25) is 0 Å². The zero-order chi connectivity index (χ0) is 15.2. The molecular weight excluding hydrogens is 270 g/mol. The average Bonchev–Trinajstić information content (AvgIpc) is 2.55. The molecule has 5 nitrogen and oxygen atoms in total. The normalized spacial score (nSPS) is 9.95. The highest BCUT2D eigenvalue weighted by atomic mass is 16.6. The van der Waals surface area contributed by atoms with E-state index in [1.165, 1.54) is 24.3 Å². The van der Waals surface area contributed by atoms with Gasteiger partial charge in [0.2, 0.25) is 0 Å². The quantitative estimate of drug-likeness (QED) is 0.523. The van der Waals surface area contributed by atoms with Crippen molar-refractivity contribution in [3.63, 3.8) is 0 Å². The lowest BCUT2D eigenvalue weighted by molar-refractivity contribution is -0.136. The van der Waals surface area contributed by atoms with Gasteiger partial charge in [0.25, 0.3) is 0 Å². The van der Waals surface area contributed by atoms with E-state index in [0.717, 1.165) is 0 Å². The maximum atomic E-state index is 12.2. The van der Waals surface area contributed by atoms with Crippen LogP contribution in [-0.4, -0.2) is 24.3 Å². The number of rotatable bonds is 4. The molecule has 21 heavy (non-hydrogen) atoms. The van der Waals surface area contributed by atoms with E-state index in [4.69, 9.17) is 5.73 Å². The van der Waals surface area contributed by atoms with Crippen LogP contribution in [0.15, 0.2) is 54.6 Å². The van der Waals surface area contributed by atoms with Crippen LogP contribution in [0.25, 0.3) is 0 Å². The Hall–Kier alpha value is -2.79. The highest BCUT2D eigenvalue weighted by Crippen LogP contribution is 2.11. The molecule has 0 unspecified atom stereocenters. The lowest BCUT2D eigenvalue weighted by Gasteiger charge is -2.04. The van der Waals surface area contributed by atoms with E-state index in [0.29, 0.717) is 11.1 Å². The van der Waals surface area contributed by atoms with Crippen LogP contribution >= 0.6 is 0 Å². The summed E-state index contributed by atoms with van der Waals surface area (Å²) in [6.45, 7) is -0.365. The minimum Gasteiger partial charge on any atom is -0.388 e. The third kappa shape index (κ3) is 3.61. The minimum atomic E-state index is -0.801. The van der Waals surface area contributed by atoms with Crippen molar-refractivity contribution >= 4 is 17.7 Å². The van der Waals surface area contributed by atoms with E-state index in [2.05, 4.69) is 4.74 Å². The Labute approximate surface area is 121 Å². The number of carbonyl (C=O) groups excluding carboxylic acids is 3. The first-order chi connectivity index (χ1) is 10.1. The summed E-state index contributed by atoms with van der Waals surface area (Å²) in [4.78, 5) is 34.7. The van der Waals surface area contributed by atoms with Gasteiger partial charge >= 0.3 is 11.9 Å². The molecule has 0 aliphatic carbocycles. The van der Waals surface area contributed by atoms with Crippen LogP contribution in [0, 0.1) is 0 Å². The molecule has 2 rings (SSSR count). The molecule has 0 saturated heterocycles. The maximum Gasteiger partial charge on any atom is 0.345 e. The Bertz CT molecular complexity index is 662. The Balaban J connectivity index is 2.14. The molecule has 0 radical (unpaired) electrons. The van der Waals surface area contributed by atoms with Crippen LogP contribution in [0.4, 0.5) is 0 Å². The third-order valence-corrected chi connectivity index (χ3v) is 2.79. The van der Waals surface area contributed by atoms with E-state index in [1.807, 2.05) is 6.07 Å². The predicted octanol–water partition coefficient (Wildman–Crippen LogP) is 1.56. The summed E-state index contributed by atoms with van der Waals surface area (Å²) in [5, 5.41) is 0. The second-order valence-corrected chi connectivity index (χ2v) is 4.24. The number of carbonyl (C=O) groups is 3. The van der Waals surface area contributed by atoms with Gasteiger partial charge in [-0.15, -0.1) is 0 Å². The van der Waals surface area contributed by atoms with Gasteiger partial charge in [-0.3, -0.25) is 9.59 Å². The number of hydrogen-bond donors (Lipinski definition) is 1. The van der Waals surface area contributed by atoms with E-state index in [1.54, 1.807) is 24.3 Å². The SMILES string of the molecule is NCC(=O)OC(=O)c1ccc(C(=O)c2ccccc2)cc1. The Kier molecular flexibility index (Phi) is 4.58. The fraction of sp³-hybridized carbons (Fsp3) is 0.0625. The fourth-order valence-corrected chi connectivity index (χ4v) is 1.72. The number of hydrogen-bond acceptors (Lipinski definition) is 5. The van der Waals surface area contributed by atoms with Crippen LogP contribution < -0.4 is 5.73 Å². The van der Waals surface area contributed by atoms with Crippen molar-refractivity contribution in [1.29, 1.82) is 0 Å². The van der Waals surface area contributed by atoms with Gasteiger partial charge in [-0.25, -0.2) is 4.79 Å². The molecular formula is C16H13NO4. The van der Waals surface area contributed by atoms with Gasteiger partial charge in [0, 0.05) is 11.1 Å². The first-order valence-electron chi connectivity index (χ1n) is 6.26. The maximum absolute atomic E-state index is 12.2. The Morgan fingerprint density at radius 3 is 1.90 bits per heavy atom. The summed E-state index contributed by atoms with van der Waals surface area (Å²) < 4.78 is 4.48. The van der Waals surface area contributed by atoms with Gasteiger partial charge in [-0.05, 0) is 12.1 Å². The van der Waals surface area contributed by atoms with Crippen LogP contribution in [0.3, 0.4) is 0 Å². The molecule has 2 N–H and O–H groups in total. The average molecular weight is 283 g/mol. The molecule has 0 atom stereocenters. The molecule has 0 bridgehead atoms. The van der Waals surface area contributed by atoms with Crippen molar-refractivity contribution in [3.8, 4) is 0 Å². The number of benzene rings is 2. The number of ketones is 1. The van der Waals surface area contributed by atoms with E-state index < -0.39 is 11.9 Å². The predicted molar refractivity (Wildman–Crippen MR) is 75.8 cm³/mol. The van der Waals surface area contributed by atoms with Crippen LogP contribution in [0.1, 0.15) is 26.3 Å². The molecule has 2 aromatic rings. The molecule has 0 spiro atoms. The highest BCUT2D eigenvalue weighted by molar-refractivity contribution is 6.09. The summed E-state index contributed by atoms with van der Waals surface area (Å²) in [6.07, 6.45) is 0. The second-order valence-electron chi connectivity index (χ2n) is 4.24. The summed E-state index contributed by atoms with van der Waals surface area (Å²) in [6, 6.07) is 14.7. The van der Waals surface area contributed by atoms with Gasteiger partial charge in [0.1, 0.15) is 0 Å². The number of nitrogens with two attached hydrogens (primary N) is 1. The van der Waals surface area contributed by atoms with Crippen molar-refractivity contribution < 1.29 is 19.1 Å². The van der Waals surface area contributed by atoms with E-state index in [9.17, 15) is 14.4 Å². The van der Waals surface area contributed by atoms with Crippen LogP contribution in [0.5, 0.6) is 0 Å². The van der Waals surface area contributed by atoms with E-state index in [-0.39, 0.29) is 17.9 Å². The number of esters is 2. The van der Waals surface area contributed by atoms with Crippen LogP contribution in [-0.2, 0) is 9.53 Å². The van der Waals surface area contributed by atoms with E-state index >= 15 is 0 Å². The highest BCUT2D eigenvalue weighted by Gasteiger charge is 2.13. The Morgan fingerprint density at radius 1 is 0.810 bits per heavy atom. The van der Waals surface area contributed by atoms with Gasteiger partial charge in [0.15, 0.2) is 5.78 Å². The fourth-order valence-electron chi connectivity index (χ4n) is 1.72. The van der Waals surface area contributed by atoms with Gasteiger partial charge in [-0.2, -0.15) is 0 Å². The van der Waals surface area contributed by atoms with Crippen molar-refractivity contribution in [1.82, 2.24) is 0 Å². The molecule has 5 heteroatoms. The van der Waals surface area contributed by atoms with Crippen molar-refractivity contribution in [3.05, 3.63) is 71.3 Å². The van der Waals surface area contributed by atoms with Crippen molar-refractivity contribution in [2.45, 2.75) is 0 Å². The summed E-state index contributed by atoms with van der Waals surface area (Å²) in [5.74, 6) is -1.73. The summed E-state index contributed by atoms with van der Waals surface area (Å²) >= 11 is 0. The number of ether oxygens (including phenoxy) is 1. The molecule has 0 fully saturated rings. The summed E-state index contributed by atoms with van der Waals surface area (Å²) in [5.41, 5.74) is 6.25. The molecule has 0 aliphatic rings. The molecule has 0 aromatic heterocycles. The minimum absolute atomic E-state index is 0.145. The van der Waals surface area contributed by atoms with Gasteiger partial charge < -0.3 is 10.5 Å². The van der Waals surface area contributed by atoms with Crippen molar-refractivity contribution in [2.24, 2.45) is 5.73 Å². The monoisotopic (exact) mass is 283 g/mol. The molecule has 106 valence electrons. The second kappa shape index (κ2) is 6.58.